The second-order valence-electron chi connectivity index (χ2n) is 3.83. The normalized spacial score (nSPS) is 10.6. The van der Waals surface area contributed by atoms with Gasteiger partial charge in [0.1, 0.15) is 5.75 Å². The second-order valence-corrected chi connectivity index (χ2v) is 3.83. The molecule has 0 aliphatic carbocycles. The molecule has 18 heavy (non-hydrogen) atoms. The summed E-state index contributed by atoms with van der Waals surface area (Å²) in [6.07, 6.45) is 4.99. The molecule has 0 radical (unpaired) electrons. The van der Waals surface area contributed by atoms with E-state index in [2.05, 4.69) is 6.92 Å². The second kappa shape index (κ2) is 8.34. The zero-order chi connectivity index (χ0) is 13.2. The van der Waals surface area contributed by atoms with E-state index in [9.17, 15) is 4.79 Å². The fourth-order valence-electron chi connectivity index (χ4n) is 1.44. The first kappa shape index (κ1) is 14.3. The Labute approximate surface area is 108 Å². The van der Waals surface area contributed by atoms with Crippen molar-refractivity contribution >= 4 is 12.0 Å². The fourth-order valence-corrected chi connectivity index (χ4v) is 1.44. The van der Waals surface area contributed by atoms with Gasteiger partial charge in [-0.25, -0.2) is 0 Å². The summed E-state index contributed by atoms with van der Waals surface area (Å²) in [4.78, 5) is 11.1. The number of carbonyl (C=O) groups is 1. The number of rotatable bonds is 7. The molecule has 0 heterocycles. The molecule has 0 N–H and O–H groups in total. The van der Waals surface area contributed by atoms with E-state index in [4.69, 9.17) is 9.47 Å². The van der Waals surface area contributed by atoms with E-state index in [0.29, 0.717) is 13.0 Å². The van der Waals surface area contributed by atoms with E-state index in [1.165, 1.54) is 0 Å². The van der Waals surface area contributed by atoms with Crippen molar-refractivity contribution in [2.75, 3.05) is 13.2 Å². The maximum Gasteiger partial charge on any atom is 0.309 e. The molecule has 3 nitrogen and oxygen atoms in total. The minimum absolute atomic E-state index is 0.202. The van der Waals surface area contributed by atoms with Crippen molar-refractivity contribution in [3.63, 3.8) is 0 Å². The molecule has 1 aromatic carbocycles. The van der Waals surface area contributed by atoms with E-state index < -0.39 is 0 Å². The lowest BCUT2D eigenvalue weighted by atomic mass is 10.2. The topological polar surface area (TPSA) is 35.5 Å². The lowest BCUT2D eigenvalue weighted by Gasteiger charge is -2.04. The van der Waals surface area contributed by atoms with Crippen LogP contribution in [0.15, 0.2) is 30.3 Å². The molecule has 0 spiro atoms. The molecule has 0 aliphatic rings. The Morgan fingerprint density at radius 3 is 2.89 bits per heavy atom. The van der Waals surface area contributed by atoms with Gasteiger partial charge in [-0.1, -0.05) is 31.2 Å². The molecular weight excluding hydrogens is 228 g/mol. The van der Waals surface area contributed by atoms with Crippen molar-refractivity contribution in [2.24, 2.45) is 0 Å². The fraction of sp³-hybridized carbons (Fsp3) is 0.400. The predicted molar refractivity (Wildman–Crippen MR) is 72.5 cm³/mol. The predicted octanol–water partition coefficient (Wildman–Crippen LogP) is 3.44. The van der Waals surface area contributed by atoms with Gasteiger partial charge in [-0.05, 0) is 31.0 Å². The molecule has 0 atom stereocenters. The number of ether oxygens (including phenoxy) is 2. The Kier molecular flexibility index (Phi) is 6.62. The molecule has 0 aliphatic heterocycles. The van der Waals surface area contributed by atoms with Crippen LogP contribution in [0.4, 0.5) is 0 Å². The number of carbonyl (C=O) groups excluding carboxylic acids is 1. The average Bonchev–Trinajstić information content (AvgIpc) is 2.37. The first-order valence-corrected chi connectivity index (χ1v) is 6.31. The Bertz CT molecular complexity index is 396. The molecular formula is C15H20O3. The summed E-state index contributed by atoms with van der Waals surface area (Å²) in [5.41, 5.74) is 1.02. The molecule has 0 bridgehead atoms. The summed E-state index contributed by atoms with van der Waals surface area (Å²) in [5, 5.41) is 0. The Morgan fingerprint density at radius 1 is 1.33 bits per heavy atom. The van der Waals surface area contributed by atoms with Crippen LogP contribution < -0.4 is 4.74 Å². The molecule has 0 saturated heterocycles. The van der Waals surface area contributed by atoms with Crippen molar-refractivity contribution in [1.82, 2.24) is 0 Å². The maximum atomic E-state index is 11.1. The van der Waals surface area contributed by atoms with Gasteiger partial charge in [0.05, 0.1) is 19.6 Å². The van der Waals surface area contributed by atoms with Crippen molar-refractivity contribution in [3.8, 4) is 5.75 Å². The maximum absolute atomic E-state index is 11.1. The van der Waals surface area contributed by atoms with Gasteiger partial charge in [-0.3, -0.25) is 4.79 Å². The standard InChI is InChI=1S/C15H20O3/c1-3-11-18-14-9-5-7-13(12-14)8-6-10-15(16)17-4-2/h5-9,12H,3-4,10-11H2,1-2H3. The minimum Gasteiger partial charge on any atom is -0.494 e. The highest BCUT2D eigenvalue weighted by Crippen LogP contribution is 2.14. The van der Waals surface area contributed by atoms with E-state index in [1.807, 2.05) is 30.3 Å². The highest BCUT2D eigenvalue weighted by molar-refractivity contribution is 5.72. The summed E-state index contributed by atoms with van der Waals surface area (Å²) in [6, 6.07) is 7.80. The molecule has 1 rings (SSSR count). The van der Waals surface area contributed by atoms with E-state index in [-0.39, 0.29) is 5.97 Å². The molecule has 98 valence electrons. The third-order valence-corrected chi connectivity index (χ3v) is 2.23. The molecule has 0 unspecified atom stereocenters. The van der Waals surface area contributed by atoms with Crippen LogP contribution >= 0.6 is 0 Å². The summed E-state index contributed by atoms with van der Waals surface area (Å²) in [7, 11) is 0. The number of esters is 1. The largest absolute Gasteiger partial charge is 0.494 e. The summed E-state index contributed by atoms with van der Waals surface area (Å²) < 4.78 is 10.4. The zero-order valence-corrected chi connectivity index (χ0v) is 11.0. The van der Waals surface area contributed by atoms with Crippen molar-refractivity contribution in [1.29, 1.82) is 0 Å². The Hall–Kier alpha value is -1.77. The molecule has 0 saturated carbocycles. The lowest BCUT2D eigenvalue weighted by molar-refractivity contribution is -0.142. The SMILES string of the molecule is CCCOc1cccc(C=CCC(=O)OCC)c1. The number of benzene rings is 1. The molecule has 0 amide bonds. The van der Waals surface area contributed by atoms with Gasteiger partial charge in [0.25, 0.3) is 0 Å². The molecule has 0 fully saturated rings. The van der Waals surface area contributed by atoms with Crippen molar-refractivity contribution < 1.29 is 14.3 Å². The summed E-state index contributed by atoms with van der Waals surface area (Å²) in [5.74, 6) is 0.655. The lowest BCUT2D eigenvalue weighted by Crippen LogP contribution is -2.01. The van der Waals surface area contributed by atoms with Crippen LogP contribution in [-0.2, 0) is 9.53 Å². The van der Waals surface area contributed by atoms with Crippen LogP contribution in [0.3, 0.4) is 0 Å². The van der Waals surface area contributed by atoms with E-state index in [1.54, 1.807) is 13.0 Å². The van der Waals surface area contributed by atoms with Gasteiger partial charge >= 0.3 is 5.97 Å². The summed E-state index contributed by atoms with van der Waals surface area (Å²) in [6.45, 7) is 5.02. The average molecular weight is 248 g/mol. The van der Waals surface area contributed by atoms with Crippen LogP contribution in [0.1, 0.15) is 32.3 Å². The summed E-state index contributed by atoms with van der Waals surface area (Å²) >= 11 is 0. The first-order chi connectivity index (χ1) is 8.76. The Morgan fingerprint density at radius 2 is 2.17 bits per heavy atom. The van der Waals surface area contributed by atoms with Crippen molar-refractivity contribution in [2.45, 2.75) is 26.7 Å². The molecule has 0 aromatic heterocycles. The van der Waals surface area contributed by atoms with Crippen LogP contribution in [-0.4, -0.2) is 19.2 Å². The highest BCUT2D eigenvalue weighted by Gasteiger charge is 1.97. The highest BCUT2D eigenvalue weighted by atomic mass is 16.5. The van der Waals surface area contributed by atoms with Crippen LogP contribution in [0, 0.1) is 0 Å². The monoisotopic (exact) mass is 248 g/mol. The third-order valence-electron chi connectivity index (χ3n) is 2.23. The van der Waals surface area contributed by atoms with Crippen LogP contribution in [0.25, 0.3) is 6.08 Å². The quantitative estimate of drug-likeness (QED) is 0.693. The van der Waals surface area contributed by atoms with Gasteiger partial charge in [0, 0.05) is 0 Å². The minimum atomic E-state index is -0.202. The first-order valence-electron chi connectivity index (χ1n) is 6.31. The van der Waals surface area contributed by atoms with Gasteiger partial charge < -0.3 is 9.47 Å². The number of hydrogen-bond acceptors (Lipinski definition) is 3. The van der Waals surface area contributed by atoms with Gasteiger partial charge in [-0.2, -0.15) is 0 Å². The molecule has 3 heteroatoms. The zero-order valence-electron chi connectivity index (χ0n) is 11.0. The van der Waals surface area contributed by atoms with E-state index in [0.717, 1.165) is 24.3 Å². The van der Waals surface area contributed by atoms with Gasteiger partial charge in [0.15, 0.2) is 0 Å². The smallest absolute Gasteiger partial charge is 0.309 e. The van der Waals surface area contributed by atoms with Crippen LogP contribution in [0.5, 0.6) is 5.75 Å². The van der Waals surface area contributed by atoms with E-state index >= 15 is 0 Å². The Balaban J connectivity index is 2.50. The number of hydrogen-bond donors (Lipinski definition) is 0. The van der Waals surface area contributed by atoms with Gasteiger partial charge in [0.2, 0.25) is 0 Å². The van der Waals surface area contributed by atoms with Crippen LogP contribution in [0.2, 0.25) is 0 Å². The molecule has 1 aromatic rings. The third kappa shape index (κ3) is 5.53. The van der Waals surface area contributed by atoms with Crippen molar-refractivity contribution in [3.05, 3.63) is 35.9 Å². The van der Waals surface area contributed by atoms with Gasteiger partial charge in [-0.15, -0.1) is 0 Å².